The number of rotatable bonds is 2. The first-order chi connectivity index (χ1) is 25.3. The van der Waals surface area contributed by atoms with Gasteiger partial charge >= 0.3 is 0 Å². The van der Waals surface area contributed by atoms with E-state index in [-0.39, 0.29) is 0 Å². The maximum Gasteiger partial charge on any atom is 0.144 e. The molecule has 0 aliphatic heterocycles. The fourth-order valence-electron chi connectivity index (χ4n) is 9.39. The zero-order chi connectivity index (χ0) is 33.3. The molecule has 51 heavy (non-hydrogen) atoms. The summed E-state index contributed by atoms with van der Waals surface area (Å²) in [5.74, 6) is 0. The number of hydrogen-bond acceptors (Lipinski definition) is 3. The van der Waals surface area contributed by atoms with Gasteiger partial charge in [-0.3, -0.25) is 4.98 Å². The third-order valence-electron chi connectivity index (χ3n) is 11.4. The first-order valence-electron chi connectivity index (χ1n) is 17.4. The SMILES string of the molecule is c1cc(-c2ccncc2)cc(-c2cc3c(c4oc5ccccc5c24)-c2c(ccc4c2oc2ccccc24)C32c3ccccc3-c3ccccc32)c1. The lowest BCUT2D eigenvalue weighted by atomic mass is 9.70. The van der Waals surface area contributed by atoms with Crippen LogP contribution in [0.15, 0.2) is 173 Å². The fourth-order valence-corrected chi connectivity index (χ4v) is 9.39. The molecule has 0 bridgehead atoms. The van der Waals surface area contributed by atoms with Gasteiger partial charge in [0.25, 0.3) is 0 Å². The Morgan fingerprint density at radius 2 is 1.02 bits per heavy atom. The van der Waals surface area contributed by atoms with E-state index < -0.39 is 5.41 Å². The lowest BCUT2D eigenvalue weighted by molar-refractivity contribution is 0.665. The minimum atomic E-state index is -0.574. The number of nitrogens with zero attached hydrogens (tertiary/aromatic N) is 1. The molecule has 2 aliphatic carbocycles. The van der Waals surface area contributed by atoms with Gasteiger partial charge in [-0.15, -0.1) is 0 Å². The van der Waals surface area contributed by atoms with E-state index >= 15 is 0 Å². The van der Waals surface area contributed by atoms with Crippen LogP contribution < -0.4 is 0 Å². The van der Waals surface area contributed by atoms with E-state index in [0.29, 0.717) is 0 Å². The number of furan rings is 2. The molecule has 3 aromatic heterocycles. The van der Waals surface area contributed by atoms with Crippen molar-refractivity contribution in [3.8, 4) is 44.5 Å². The average molecular weight is 650 g/mol. The summed E-state index contributed by atoms with van der Waals surface area (Å²) in [6.07, 6.45) is 3.71. The van der Waals surface area contributed by atoms with Gasteiger partial charge in [0.1, 0.15) is 22.3 Å². The van der Waals surface area contributed by atoms with Crippen LogP contribution >= 0.6 is 0 Å². The highest BCUT2D eigenvalue weighted by Gasteiger charge is 2.53. The van der Waals surface area contributed by atoms with Gasteiger partial charge in [-0.2, -0.15) is 0 Å². The van der Waals surface area contributed by atoms with Crippen molar-refractivity contribution in [3.05, 3.63) is 186 Å². The first kappa shape index (κ1) is 27.2. The molecule has 3 nitrogen and oxygen atoms in total. The molecule has 0 fully saturated rings. The minimum Gasteiger partial charge on any atom is -0.455 e. The van der Waals surface area contributed by atoms with Crippen LogP contribution in [0.4, 0.5) is 0 Å². The van der Waals surface area contributed by atoms with Crippen LogP contribution in [0, 0.1) is 0 Å². The predicted molar refractivity (Wildman–Crippen MR) is 206 cm³/mol. The Bertz CT molecular complexity index is 3050. The van der Waals surface area contributed by atoms with E-state index in [1.165, 1.54) is 33.4 Å². The van der Waals surface area contributed by atoms with Gasteiger partial charge in [0.05, 0.1) is 5.41 Å². The van der Waals surface area contributed by atoms with Crippen LogP contribution in [0.5, 0.6) is 0 Å². The molecule has 0 radical (unpaired) electrons. The Morgan fingerprint density at radius 1 is 0.392 bits per heavy atom. The predicted octanol–water partition coefficient (Wildman–Crippen LogP) is 12.6. The topological polar surface area (TPSA) is 39.2 Å². The highest BCUT2D eigenvalue weighted by Crippen LogP contribution is 2.66. The van der Waals surface area contributed by atoms with Crippen LogP contribution in [0.25, 0.3) is 88.4 Å². The van der Waals surface area contributed by atoms with Gasteiger partial charge in [0, 0.05) is 45.1 Å². The van der Waals surface area contributed by atoms with Crippen LogP contribution in [0.1, 0.15) is 22.3 Å². The molecule has 3 heterocycles. The van der Waals surface area contributed by atoms with Gasteiger partial charge in [-0.1, -0.05) is 115 Å². The maximum absolute atomic E-state index is 7.08. The summed E-state index contributed by atoms with van der Waals surface area (Å²) in [4.78, 5) is 4.27. The standard InChI is InChI=1S/C48H27NO2/c1-5-16-37-31(12-1)32-13-2-6-17-38(32)48(37)39-21-20-34-33-14-3-7-18-41(33)50-46(34)44(39)45-40(48)27-36(43-35-15-4-8-19-42(35)51-47(43)45)30-11-9-10-29(26-30)28-22-24-49-25-23-28/h1-27H. The molecular formula is C48H27NO2. The molecule has 0 unspecified atom stereocenters. The van der Waals surface area contributed by atoms with E-state index in [2.05, 4.69) is 151 Å². The maximum atomic E-state index is 7.08. The lowest BCUT2D eigenvalue weighted by Crippen LogP contribution is -2.25. The number of benzene rings is 7. The number of para-hydroxylation sites is 2. The van der Waals surface area contributed by atoms with Gasteiger partial charge in [-0.25, -0.2) is 0 Å². The Morgan fingerprint density at radius 3 is 1.80 bits per heavy atom. The molecule has 0 saturated heterocycles. The number of aromatic nitrogens is 1. The molecular weight excluding hydrogens is 623 g/mol. The molecule has 2 aliphatic rings. The number of pyridine rings is 1. The zero-order valence-electron chi connectivity index (χ0n) is 27.4. The second-order valence-electron chi connectivity index (χ2n) is 13.8. The molecule has 3 heteroatoms. The summed E-state index contributed by atoms with van der Waals surface area (Å²) >= 11 is 0. The van der Waals surface area contributed by atoms with Crippen LogP contribution in [0.2, 0.25) is 0 Å². The quantitative estimate of drug-likeness (QED) is 0.187. The van der Waals surface area contributed by atoms with Crippen molar-refractivity contribution in [2.75, 3.05) is 0 Å². The molecule has 0 saturated carbocycles. The molecule has 12 rings (SSSR count). The van der Waals surface area contributed by atoms with Crippen molar-refractivity contribution in [2.24, 2.45) is 0 Å². The smallest absolute Gasteiger partial charge is 0.144 e. The van der Waals surface area contributed by atoms with Crippen molar-refractivity contribution >= 4 is 43.9 Å². The lowest BCUT2D eigenvalue weighted by Gasteiger charge is -2.30. The van der Waals surface area contributed by atoms with Crippen molar-refractivity contribution in [1.82, 2.24) is 4.98 Å². The highest BCUT2D eigenvalue weighted by atomic mass is 16.3. The van der Waals surface area contributed by atoms with E-state index in [1.807, 2.05) is 18.5 Å². The van der Waals surface area contributed by atoms with Gasteiger partial charge < -0.3 is 8.83 Å². The molecule has 0 atom stereocenters. The third kappa shape index (κ3) is 3.36. The minimum absolute atomic E-state index is 0.574. The Kier molecular flexibility index (Phi) is 5.17. The molecule has 236 valence electrons. The Labute approximate surface area is 293 Å². The molecule has 0 N–H and O–H groups in total. The molecule has 1 spiro atoms. The van der Waals surface area contributed by atoms with Crippen molar-refractivity contribution in [1.29, 1.82) is 0 Å². The van der Waals surface area contributed by atoms with Crippen LogP contribution in [0.3, 0.4) is 0 Å². The largest absolute Gasteiger partial charge is 0.455 e. The summed E-state index contributed by atoms with van der Waals surface area (Å²) in [6.45, 7) is 0. The van der Waals surface area contributed by atoms with Gasteiger partial charge in [-0.05, 0) is 92.0 Å². The van der Waals surface area contributed by atoms with Gasteiger partial charge in [0.2, 0.25) is 0 Å². The molecule has 10 aromatic rings. The van der Waals surface area contributed by atoms with E-state index in [9.17, 15) is 0 Å². The summed E-state index contributed by atoms with van der Waals surface area (Å²) in [6, 6.07) is 54.8. The molecule has 7 aromatic carbocycles. The Hall–Kier alpha value is -6.71. The van der Waals surface area contributed by atoms with Crippen molar-refractivity contribution in [2.45, 2.75) is 5.41 Å². The van der Waals surface area contributed by atoms with Gasteiger partial charge in [0.15, 0.2) is 0 Å². The first-order valence-corrected chi connectivity index (χ1v) is 17.4. The normalized spacial score (nSPS) is 13.6. The van der Waals surface area contributed by atoms with E-state index in [4.69, 9.17) is 8.83 Å². The summed E-state index contributed by atoms with van der Waals surface area (Å²) in [7, 11) is 0. The van der Waals surface area contributed by atoms with E-state index in [1.54, 1.807) is 0 Å². The summed E-state index contributed by atoms with van der Waals surface area (Å²) in [5, 5.41) is 4.46. The Balaban J connectivity index is 1.30. The van der Waals surface area contributed by atoms with Crippen LogP contribution in [-0.4, -0.2) is 4.98 Å². The molecule has 0 amide bonds. The second-order valence-corrected chi connectivity index (χ2v) is 13.8. The second kappa shape index (κ2) is 9.71. The fraction of sp³-hybridized carbons (Fsp3) is 0.0208. The third-order valence-corrected chi connectivity index (χ3v) is 11.4. The number of fused-ring (bicyclic) bond motifs is 18. The zero-order valence-corrected chi connectivity index (χ0v) is 27.4. The highest BCUT2D eigenvalue weighted by molar-refractivity contribution is 6.22. The van der Waals surface area contributed by atoms with Crippen molar-refractivity contribution in [3.63, 3.8) is 0 Å². The van der Waals surface area contributed by atoms with Crippen LogP contribution in [-0.2, 0) is 5.41 Å². The monoisotopic (exact) mass is 649 g/mol. The van der Waals surface area contributed by atoms with Crippen molar-refractivity contribution < 1.29 is 8.83 Å². The average Bonchev–Trinajstić information content (AvgIpc) is 3.93. The van der Waals surface area contributed by atoms with E-state index in [0.717, 1.165) is 77.3 Å². The number of hydrogen-bond donors (Lipinski definition) is 0. The summed E-state index contributed by atoms with van der Waals surface area (Å²) in [5.41, 5.74) is 17.3. The summed E-state index contributed by atoms with van der Waals surface area (Å²) < 4.78 is 14.0.